The molecule has 0 amide bonds. The van der Waals surface area contributed by atoms with Crippen LogP contribution < -0.4 is 20.5 Å². The molecule has 6 nitrogen and oxygen atoms in total. The first-order valence-corrected chi connectivity index (χ1v) is 7.97. The maximum atomic E-state index is 6.16. The Balaban J connectivity index is 1.89. The molecule has 0 unspecified atom stereocenters. The monoisotopic (exact) mass is 376 g/mol. The van der Waals surface area contributed by atoms with E-state index in [4.69, 9.17) is 38.4 Å². The number of ether oxygens (including phenoxy) is 2. The van der Waals surface area contributed by atoms with Gasteiger partial charge >= 0.3 is 0 Å². The van der Waals surface area contributed by atoms with Crippen LogP contribution in [0.2, 0.25) is 10.0 Å². The molecule has 2 aromatic carbocycles. The van der Waals surface area contributed by atoms with Gasteiger partial charge in [-0.2, -0.15) is 4.98 Å². The second kappa shape index (κ2) is 7.46. The molecule has 0 bridgehead atoms. The summed E-state index contributed by atoms with van der Waals surface area (Å²) >= 11 is 12.1. The van der Waals surface area contributed by atoms with E-state index in [0.717, 1.165) is 0 Å². The van der Waals surface area contributed by atoms with Crippen molar-refractivity contribution in [1.29, 1.82) is 0 Å². The minimum atomic E-state index is 0.201. The highest BCUT2D eigenvalue weighted by atomic mass is 35.5. The number of nitrogens with one attached hydrogen (secondary N) is 1. The predicted molar refractivity (Wildman–Crippen MR) is 99.3 cm³/mol. The number of para-hydroxylation sites is 2. The van der Waals surface area contributed by atoms with Crippen LogP contribution in [0.1, 0.15) is 0 Å². The van der Waals surface area contributed by atoms with E-state index in [1.807, 2.05) is 12.1 Å². The van der Waals surface area contributed by atoms with Crippen molar-refractivity contribution < 1.29 is 9.47 Å². The van der Waals surface area contributed by atoms with Crippen molar-refractivity contribution in [2.24, 2.45) is 0 Å². The van der Waals surface area contributed by atoms with Gasteiger partial charge in [-0.15, -0.1) is 0 Å². The van der Waals surface area contributed by atoms with Crippen LogP contribution in [0.4, 0.5) is 17.2 Å². The van der Waals surface area contributed by atoms with Crippen molar-refractivity contribution in [2.45, 2.75) is 0 Å². The molecule has 8 heteroatoms. The molecule has 128 valence electrons. The highest BCUT2D eigenvalue weighted by molar-refractivity contribution is 6.36. The van der Waals surface area contributed by atoms with Crippen molar-refractivity contribution >= 4 is 40.4 Å². The smallest absolute Gasteiger partial charge is 0.248 e. The lowest BCUT2D eigenvalue weighted by Gasteiger charge is -2.14. The number of benzene rings is 2. The number of rotatable bonds is 5. The van der Waals surface area contributed by atoms with Gasteiger partial charge in [-0.3, -0.25) is 0 Å². The van der Waals surface area contributed by atoms with Crippen molar-refractivity contribution in [3.63, 3.8) is 0 Å². The normalized spacial score (nSPS) is 10.4. The lowest BCUT2D eigenvalue weighted by Crippen LogP contribution is -2.03. The van der Waals surface area contributed by atoms with Crippen LogP contribution in [0.15, 0.2) is 48.8 Å². The third-order valence-electron chi connectivity index (χ3n) is 3.31. The molecule has 0 aliphatic heterocycles. The van der Waals surface area contributed by atoms with E-state index in [1.54, 1.807) is 37.4 Å². The van der Waals surface area contributed by atoms with Gasteiger partial charge in [0, 0.05) is 5.02 Å². The fourth-order valence-corrected chi connectivity index (χ4v) is 2.54. The Morgan fingerprint density at radius 1 is 1.04 bits per heavy atom. The Morgan fingerprint density at radius 2 is 1.80 bits per heavy atom. The third-order valence-corrected chi connectivity index (χ3v) is 3.86. The standard InChI is InChI=1S/C17H14Cl2N4O2/c1-24-13-4-2-3-5-14(13)25-17-15(20)16(21-9-22-17)23-12-7-6-10(18)8-11(12)19/h2-9H,20H2,1H3,(H,21,22,23). The molecular weight excluding hydrogens is 363 g/mol. The molecule has 1 aromatic heterocycles. The van der Waals surface area contributed by atoms with E-state index in [2.05, 4.69) is 15.3 Å². The van der Waals surface area contributed by atoms with E-state index < -0.39 is 0 Å². The van der Waals surface area contributed by atoms with Crippen LogP contribution in [-0.2, 0) is 0 Å². The van der Waals surface area contributed by atoms with Gasteiger partial charge in [-0.25, -0.2) is 4.98 Å². The summed E-state index contributed by atoms with van der Waals surface area (Å²) in [5.41, 5.74) is 6.97. The number of hydrogen-bond acceptors (Lipinski definition) is 6. The van der Waals surface area contributed by atoms with Gasteiger partial charge in [-0.1, -0.05) is 35.3 Å². The van der Waals surface area contributed by atoms with Crippen molar-refractivity contribution in [3.8, 4) is 17.4 Å². The zero-order valence-electron chi connectivity index (χ0n) is 13.2. The minimum Gasteiger partial charge on any atom is -0.493 e. The highest BCUT2D eigenvalue weighted by Gasteiger charge is 2.14. The van der Waals surface area contributed by atoms with Crippen molar-refractivity contribution in [2.75, 3.05) is 18.2 Å². The van der Waals surface area contributed by atoms with E-state index in [1.165, 1.54) is 6.33 Å². The van der Waals surface area contributed by atoms with E-state index in [0.29, 0.717) is 33.0 Å². The van der Waals surface area contributed by atoms with E-state index in [9.17, 15) is 0 Å². The summed E-state index contributed by atoms with van der Waals surface area (Å²) in [6.45, 7) is 0. The Kier molecular flexibility index (Phi) is 5.11. The van der Waals surface area contributed by atoms with Crippen LogP contribution in [0.3, 0.4) is 0 Å². The number of nitrogen functional groups attached to an aromatic ring is 1. The van der Waals surface area contributed by atoms with E-state index in [-0.39, 0.29) is 11.6 Å². The zero-order chi connectivity index (χ0) is 17.8. The summed E-state index contributed by atoms with van der Waals surface area (Å²) in [6.07, 6.45) is 1.34. The summed E-state index contributed by atoms with van der Waals surface area (Å²) < 4.78 is 11.0. The topological polar surface area (TPSA) is 82.3 Å². The fraction of sp³-hybridized carbons (Fsp3) is 0.0588. The Labute approximate surface area is 154 Å². The van der Waals surface area contributed by atoms with Gasteiger partial charge in [0.25, 0.3) is 0 Å². The summed E-state index contributed by atoms with van der Waals surface area (Å²) in [5, 5.41) is 4.02. The van der Waals surface area contributed by atoms with Crippen molar-refractivity contribution in [3.05, 3.63) is 58.8 Å². The van der Waals surface area contributed by atoms with Gasteiger partial charge in [0.2, 0.25) is 5.88 Å². The molecule has 0 radical (unpaired) electrons. The van der Waals surface area contributed by atoms with Gasteiger partial charge in [0.1, 0.15) is 12.0 Å². The zero-order valence-corrected chi connectivity index (χ0v) is 14.7. The number of halogens is 2. The summed E-state index contributed by atoms with van der Waals surface area (Å²) in [5.74, 6) is 1.62. The van der Waals surface area contributed by atoms with Gasteiger partial charge in [0.05, 0.1) is 17.8 Å². The summed E-state index contributed by atoms with van der Waals surface area (Å²) in [6, 6.07) is 12.2. The molecule has 25 heavy (non-hydrogen) atoms. The van der Waals surface area contributed by atoms with Crippen LogP contribution in [0, 0.1) is 0 Å². The maximum Gasteiger partial charge on any atom is 0.248 e. The largest absolute Gasteiger partial charge is 0.493 e. The van der Waals surface area contributed by atoms with Gasteiger partial charge in [0.15, 0.2) is 17.3 Å². The predicted octanol–water partition coefficient (Wildman–Crippen LogP) is 4.91. The van der Waals surface area contributed by atoms with Gasteiger partial charge < -0.3 is 20.5 Å². The fourth-order valence-electron chi connectivity index (χ4n) is 2.09. The quantitative estimate of drug-likeness (QED) is 0.658. The number of nitrogens with zero attached hydrogens (tertiary/aromatic N) is 2. The highest BCUT2D eigenvalue weighted by Crippen LogP contribution is 2.36. The van der Waals surface area contributed by atoms with Crippen molar-refractivity contribution in [1.82, 2.24) is 9.97 Å². The molecule has 0 atom stereocenters. The Hall–Kier alpha value is -2.70. The molecular formula is C17H14Cl2N4O2. The molecule has 0 fully saturated rings. The molecule has 0 spiro atoms. The van der Waals surface area contributed by atoms with Crippen LogP contribution in [0.25, 0.3) is 0 Å². The first-order valence-electron chi connectivity index (χ1n) is 7.22. The molecule has 0 saturated carbocycles. The molecule has 3 aromatic rings. The average molecular weight is 377 g/mol. The number of hydrogen-bond donors (Lipinski definition) is 2. The Morgan fingerprint density at radius 3 is 2.52 bits per heavy atom. The number of methoxy groups -OCH3 is 1. The second-order valence-corrected chi connectivity index (χ2v) is 5.79. The lowest BCUT2D eigenvalue weighted by molar-refractivity contribution is 0.374. The average Bonchev–Trinajstić information content (AvgIpc) is 2.61. The van der Waals surface area contributed by atoms with Crippen LogP contribution in [0.5, 0.6) is 17.4 Å². The Bertz CT molecular complexity index is 906. The molecule has 0 aliphatic carbocycles. The molecule has 0 saturated heterocycles. The molecule has 1 heterocycles. The molecule has 3 N–H and O–H groups in total. The van der Waals surface area contributed by atoms with E-state index >= 15 is 0 Å². The van der Waals surface area contributed by atoms with Crippen LogP contribution in [-0.4, -0.2) is 17.1 Å². The SMILES string of the molecule is COc1ccccc1Oc1ncnc(Nc2ccc(Cl)cc2Cl)c1N. The molecule has 0 aliphatic rings. The first kappa shape index (κ1) is 17.1. The summed E-state index contributed by atoms with van der Waals surface area (Å²) in [7, 11) is 1.56. The summed E-state index contributed by atoms with van der Waals surface area (Å²) in [4.78, 5) is 8.21. The van der Waals surface area contributed by atoms with Gasteiger partial charge in [-0.05, 0) is 30.3 Å². The van der Waals surface area contributed by atoms with Crippen LogP contribution >= 0.6 is 23.2 Å². The third kappa shape index (κ3) is 3.87. The second-order valence-electron chi connectivity index (χ2n) is 4.94. The number of nitrogens with two attached hydrogens (primary N) is 1. The molecule has 3 rings (SSSR count). The number of anilines is 3. The number of aromatic nitrogens is 2. The first-order chi connectivity index (χ1) is 12.1. The minimum absolute atomic E-state index is 0.201. The maximum absolute atomic E-state index is 6.16. The lowest BCUT2D eigenvalue weighted by atomic mass is 10.3.